The van der Waals surface area contributed by atoms with Crippen molar-refractivity contribution < 1.29 is 4.74 Å². The first-order valence-electron chi connectivity index (χ1n) is 4.34. The maximum atomic E-state index is 8.72. The highest BCUT2D eigenvalue weighted by atomic mass is 16.5. The van der Waals surface area contributed by atoms with E-state index in [2.05, 4.69) is 0 Å². The molecule has 1 aromatic carbocycles. The van der Waals surface area contributed by atoms with Crippen molar-refractivity contribution in [3.63, 3.8) is 0 Å². The molecular formula is C11H10N2O. The minimum Gasteiger partial charge on any atom is -0.442 e. The molecule has 0 aromatic heterocycles. The third-order valence-corrected chi connectivity index (χ3v) is 2.14. The van der Waals surface area contributed by atoms with E-state index in [-0.39, 0.29) is 0 Å². The monoisotopic (exact) mass is 186 g/mol. The standard InChI is InChI=1S/C11H10N2O/c1-8-3-4-11-10(5-8)13(2)7-9(6-12)14-11/h3-5,7H,1-2H3. The molecule has 0 aliphatic carbocycles. The molecule has 0 saturated heterocycles. The maximum Gasteiger partial charge on any atom is 0.220 e. The molecule has 0 N–H and O–H groups in total. The molecule has 3 heteroatoms. The number of rotatable bonds is 0. The van der Waals surface area contributed by atoms with E-state index in [1.165, 1.54) is 5.56 Å². The summed E-state index contributed by atoms with van der Waals surface area (Å²) < 4.78 is 5.36. The Kier molecular flexibility index (Phi) is 1.90. The fourth-order valence-electron chi connectivity index (χ4n) is 1.43. The van der Waals surface area contributed by atoms with Crippen LogP contribution in [0.15, 0.2) is 30.2 Å². The summed E-state index contributed by atoms with van der Waals surface area (Å²) >= 11 is 0. The zero-order valence-electron chi connectivity index (χ0n) is 8.11. The first kappa shape index (κ1) is 8.64. The minimum absolute atomic E-state index is 0.323. The van der Waals surface area contributed by atoms with Crippen molar-refractivity contribution in [2.75, 3.05) is 11.9 Å². The summed E-state index contributed by atoms with van der Waals surface area (Å²) in [5.74, 6) is 1.06. The Balaban J connectivity index is 2.49. The van der Waals surface area contributed by atoms with Gasteiger partial charge in [0, 0.05) is 7.05 Å². The SMILES string of the molecule is Cc1ccc2c(c1)N(C)C=C(C#N)O2. The summed E-state index contributed by atoms with van der Waals surface area (Å²) in [6, 6.07) is 7.86. The Morgan fingerprint density at radius 1 is 1.43 bits per heavy atom. The van der Waals surface area contributed by atoms with Gasteiger partial charge in [-0.2, -0.15) is 5.26 Å². The van der Waals surface area contributed by atoms with Gasteiger partial charge < -0.3 is 9.64 Å². The quantitative estimate of drug-likeness (QED) is 0.623. The molecule has 3 nitrogen and oxygen atoms in total. The zero-order valence-corrected chi connectivity index (χ0v) is 8.11. The van der Waals surface area contributed by atoms with Crippen LogP contribution in [0, 0.1) is 18.3 Å². The van der Waals surface area contributed by atoms with E-state index < -0.39 is 0 Å². The van der Waals surface area contributed by atoms with Gasteiger partial charge in [0.2, 0.25) is 5.76 Å². The van der Waals surface area contributed by atoms with Gasteiger partial charge in [-0.25, -0.2) is 0 Å². The molecule has 0 atom stereocenters. The summed E-state index contributed by atoms with van der Waals surface area (Å²) in [4.78, 5) is 1.89. The summed E-state index contributed by atoms with van der Waals surface area (Å²) in [7, 11) is 1.90. The third kappa shape index (κ3) is 1.31. The van der Waals surface area contributed by atoms with Crippen LogP contribution in [0.1, 0.15) is 5.56 Å². The summed E-state index contributed by atoms with van der Waals surface area (Å²) in [6.45, 7) is 2.03. The largest absolute Gasteiger partial charge is 0.442 e. The molecule has 1 aromatic rings. The normalized spacial score (nSPS) is 13.8. The van der Waals surface area contributed by atoms with Gasteiger partial charge in [0.25, 0.3) is 0 Å². The Morgan fingerprint density at radius 2 is 2.21 bits per heavy atom. The molecule has 1 aliphatic heterocycles. The second-order valence-corrected chi connectivity index (χ2v) is 3.29. The van der Waals surface area contributed by atoms with Crippen LogP contribution in [0.2, 0.25) is 0 Å². The smallest absolute Gasteiger partial charge is 0.220 e. The number of ether oxygens (including phenoxy) is 1. The van der Waals surface area contributed by atoms with Crippen LogP contribution in [0.3, 0.4) is 0 Å². The van der Waals surface area contributed by atoms with E-state index in [0.29, 0.717) is 5.76 Å². The molecule has 0 amide bonds. The average molecular weight is 186 g/mol. The molecule has 1 heterocycles. The number of nitrogens with zero attached hydrogens (tertiary/aromatic N) is 2. The van der Waals surface area contributed by atoms with E-state index in [9.17, 15) is 0 Å². The van der Waals surface area contributed by atoms with Crippen molar-refractivity contribution >= 4 is 5.69 Å². The predicted octanol–water partition coefficient (Wildman–Crippen LogP) is 2.19. The van der Waals surface area contributed by atoms with E-state index in [1.807, 2.05) is 43.1 Å². The van der Waals surface area contributed by atoms with Crippen molar-refractivity contribution in [3.05, 3.63) is 35.7 Å². The lowest BCUT2D eigenvalue weighted by atomic mass is 10.2. The Hall–Kier alpha value is -1.95. The van der Waals surface area contributed by atoms with Gasteiger partial charge in [0.05, 0.1) is 11.9 Å². The molecule has 70 valence electrons. The highest BCUT2D eigenvalue weighted by Gasteiger charge is 2.15. The number of aryl methyl sites for hydroxylation is 1. The first-order valence-corrected chi connectivity index (χ1v) is 4.34. The number of nitriles is 1. The number of benzene rings is 1. The molecule has 0 spiro atoms. The average Bonchev–Trinajstić information content (AvgIpc) is 2.19. The highest BCUT2D eigenvalue weighted by molar-refractivity contribution is 5.64. The van der Waals surface area contributed by atoms with Crippen molar-refractivity contribution in [2.24, 2.45) is 0 Å². The minimum atomic E-state index is 0.323. The Morgan fingerprint density at radius 3 is 2.93 bits per heavy atom. The number of fused-ring (bicyclic) bond motifs is 1. The lowest BCUT2D eigenvalue weighted by Crippen LogP contribution is -2.16. The molecule has 0 bridgehead atoms. The molecule has 0 fully saturated rings. The van der Waals surface area contributed by atoms with Crippen LogP contribution in [0.5, 0.6) is 5.75 Å². The molecule has 2 rings (SSSR count). The van der Waals surface area contributed by atoms with Crippen molar-refractivity contribution in [2.45, 2.75) is 6.92 Å². The molecule has 14 heavy (non-hydrogen) atoms. The Bertz CT molecular complexity index is 443. The number of hydrogen-bond donors (Lipinski definition) is 0. The van der Waals surface area contributed by atoms with Crippen LogP contribution in [-0.4, -0.2) is 7.05 Å². The van der Waals surface area contributed by atoms with Crippen LogP contribution in [-0.2, 0) is 0 Å². The van der Waals surface area contributed by atoms with Gasteiger partial charge in [0.15, 0.2) is 5.75 Å². The van der Waals surface area contributed by atoms with Gasteiger partial charge in [-0.15, -0.1) is 0 Å². The fourth-order valence-corrected chi connectivity index (χ4v) is 1.43. The van der Waals surface area contributed by atoms with Crippen molar-refractivity contribution in [1.29, 1.82) is 5.26 Å². The summed E-state index contributed by atoms with van der Waals surface area (Å²) in [5, 5.41) is 8.72. The van der Waals surface area contributed by atoms with Crippen molar-refractivity contribution in [3.8, 4) is 11.8 Å². The highest BCUT2D eigenvalue weighted by Crippen LogP contribution is 2.33. The molecule has 1 aliphatic rings. The second kappa shape index (κ2) is 3.08. The zero-order chi connectivity index (χ0) is 10.1. The third-order valence-electron chi connectivity index (χ3n) is 2.14. The summed E-state index contributed by atoms with van der Waals surface area (Å²) in [5.41, 5.74) is 2.16. The summed E-state index contributed by atoms with van der Waals surface area (Å²) in [6.07, 6.45) is 1.68. The maximum absolute atomic E-state index is 8.72. The number of anilines is 1. The predicted molar refractivity (Wildman–Crippen MR) is 53.9 cm³/mol. The van der Waals surface area contributed by atoms with Crippen molar-refractivity contribution in [1.82, 2.24) is 0 Å². The molecule has 0 unspecified atom stereocenters. The lowest BCUT2D eigenvalue weighted by molar-refractivity contribution is 0.438. The van der Waals surface area contributed by atoms with Gasteiger partial charge >= 0.3 is 0 Å². The number of allylic oxidation sites excluding steroid dienone is 1. The van der Waals surface area contributed by atoms with Gasteiger partial charge in [-0.1, -0.05) is 6.07 Å². The van der Waals surface area contributed by atoms with Crippen LogP contribution in [0.4, 0.5) is 5.69 Å². The van der Waals surface area contributed by atoms with Gasteiger partial charge in [-0.3, -0.25) is 0 Å². The van der Waals surface area contributed by atoms with E-state index >= 15 is 0 Å². The molecule has 0 radical (unpaired) electrons. The first-order chi connectivity index (χ1) is 6.70. The fraction of sp³-hybridized carbons (Fsp3) is 0.182. The van der Waals surface area contributed by atoms with Crippen LogP contribution < -0.4 is 9.64 Å². The van der Waals surface area contributed by atoms with E-state index in [4.69, 9.17) is 10.00 Å². The molecular weight excluding hydrogens is 176 g/mol. The lowest BCUT2D eigenvalue weighted by Gasteiger charge is -2.23. The van der Waals surface area contributed by atoms with Gasteiger partial charge in [0.1, 0.15) is 6.07 Å². The van der Waals surface area contributed by atoms with Crippen LogP contribution in [0.25, 0.3) is 0 Å². The second-order valence-electron chi connectivity index (χ2n) is 3.29. The number of hydrogen-bond acceptors (Lipinski definition) is 3. The molecule has 0 saturated carbocycles. The van der Waals surface area contributed by atoms with Crippen LogP contribution >= 0.6 is 0 Å². The van der Waals surface area contributed by atoms with E-state index in [1.54, 1.807) is 6.20 Å². The van der Waals surface area contributed by atoms with E-state index in [0.717, 1.165) is 11.4 Å². The van der Waals surface area contributed by atoms with Gasteiger partial charge in [-0.05, 0) is 24.6 Å². The Labute approximate surface area is 82.8 Å². The topological polar surface area (TPSA) is 36.3 Å².